The summed E-state index contributed by atoms with van der Waals surface area (Å²) in [6.45, 7) is 0.687. The monoisotopic (exact) mass is 510 g/mol. The molecule has 0 spiro atoms. The Labute approximate surface area is 214 Å². The first-order valence-electron chi connectivity index (χ1n) is 12.1. The maximum Gasteiger partial charge on any atom is 0.326 e. The van der Waals surface area contributed by atoms with Crippen LogP contribution in [-0.4, -0.2) is 47.5 Å². The first-order chi connectivity index (χ1) is 18.6. The number of H-pyrrole nitrogens is 2. The molecule has 4 heterocycles. The van der Waals surface area contributed by atoms with E-state index in [1.807, 2.05) is 36.4 Å². The van der Waals surface area contributed by atoms with Crippen molar-refractivity contribution in [2.75, 3.05) is 12.1 Å². The predicted molar refractivity (Wildman–Crippen MR) is 137 cm³/mol. The van der Waals surface area contributed by atoms with Crippen LogP contribution in [0, 0.1) is 0 Å². The topological polar surface area (TPSA) is 155 Å². The van der Waals surface area contributed by atoms with Gasteiger partial charge in [0.25, 0.3) is 5.62 Å². The highest BCUT2D eigenvalue weighted by atomic mass is 16.7. The van der Waals surface area contributed by atoms with E-state index in [1.165, 1.54) is 0 Å². The molecule has 12 nitrogen and oxygen atoms in total. The van der Waals surface area contributed by atoms with E-state index in [2.05, 4.69) is 36.4 Å². The second kappa shape index (κ2) is 8.76. The lowest BCUT2D eigenvalue weighted by molar-refractivity contribution is 0.174. The number of imidazole rings is 1. The number of rotatable bonds is 6. The van der Waals surface area contributed by atoms with E-state index in [9.17, 15) is 9.90 Å². The molecule has 7 rings (SSSR count). The summed E-state index contributed by atoms with van der Waals surface area (Å²) in [7, 11) is 0. The molecule has 0 radical (unpaired) electrons. The van der Waals surface area contributed by atoms with Crippen molar-refractivity contribution >= 4 is 17.7 Å². The summed E-state index contributed by atoms with van der Waals surface area (Å²) < 4.78 is 12.6. The van der Waals surface area contributed by atoms with Crippen LogP contribution in [0.4, 0.5) is 5.95 Å². The van der Waals surface area contributed by atoms with Gasteiger partial charge in [0.1, 0.15) is 5.69 Å². The minimum absolute atomic E-state index is 0.217. The number of aromatic hydroxyl groups is 1. The Hall–Kier alpha value is -5.13. The van der Waals surface area contributed by atoms with Crippen molar-refractivity contribution in [2.24, 2.45) is 4.99 Å². The molecule has 1 aliphatic carbocycles. The zero-order valence-corrected chi connectivity index (χ0v) is 20.0. The molecular weight excluding hydrogens is 488 g/mol. The Morgan fingerprint density at radius 2 is 2.00 bits per heavy atom. The smallest absolute Gasteiger partial charge is 0.326 e. The van der Waals surface area contributed by atoms with Crippen LogP contribution in [0.25, 0.3) is 22.9 Å². The van der Waals surface area contributed by atoms with Gasteiger partial charge in [0.2, 0.25) is 18.6 Å². The first kappa shape index (κ1) is 22.1. The fraction of sp³-hybridized carbons (Fsp3) is 0.192. The minimum atomic E-state index is -0.507. The molecule has 0 atom stereocenters. The SMILES string of the molecule is O=c1[nH]c(O)c(C=c2cnn3c(=NC4CC4)nc(NCc4ccccc4-c4ccc5c(c4)OCO5)nc23)[nH]1. The Morgan fingerprint density at radius 1 is 1.13 bits per heavy atom. The molecular formula is C26H22N8O4. The molecule has 4 N–H and O–H groups in total. The summed E-state index contributed by atoms with van der Waals surface area (Å²) in [4.78, 5) is 30.5. The molecule has 1 saturated carbocycles. The van der Waals surface area contributed by atoms with Crippen LogP contribution in [-0.2, 0) is 6.54 Å². The number of hydrogen-bond donors (Lipinski definition) is 4. The van der Waals surface area contributed by atoms with Crippen molar-refractivity contribution in [1.29, 1.82) is 0 Å². The van der Waals surface area contributed by atoms with Gasteiger partial charge in [-0.3, -0.25) is 4.98 Å². The molecule has 0 amide bonds. The van der Waals surface area contributed by atoms with Gasteiger partial charge in [0.15, 0.2) is 17.1 Å². The summed E-state index contributed by atoms with van der Waals surface area (Å²) in [6, 6.07) is 14.2. The van der Waals surface area contributed by atoms with Crippen LogP contribution in [0.5, 0.6) is 17.4 Å². The van der Waals surface area contributed by atoms with Crippen LogP contribution in [0.15, 0.2) is 58.4 Å². The van der Waals surface area contributed by atoms with Gasteiger partial charge in [-0.25, -0.2) is 9.79 Å². The molecule has 0 bridgehead atoms. The number of nitrogens with one attached hydrogen (secondary N) is 3. The van der Waals surface area contributed by atoms with E-state index in [0.717, 1.165) is 41.0 Å². The quantitative estimate of drug-likeness (QED) is 0.268. The van der Waals surface area contributed by atoms with Crippen LogP contribution >= 0.6 is 0 Å². The fourth-order valence-corrected chi connectivity index (χ4v) is 4.35. The van der Waals surface area contributed by atoms with E-state index in [1.54, 1.807) is 16.8 Å². The van der Waals surface area contributed by atoms with Crippen molar-refractivity contribution in [3.8, 4) is 28.5 Å². The average Bonchev–Trinajstić information content (AvgIpc) is 3.30. The van der Waals surface area contributed by atoms with Gasteiger partial charge in [-0.05, 0) is 47.7 Å². The third-order valence-electron chi connectivity index (χ3n) is 6.40. The number of fused-ring (bicyclic) bond motifs is 2. The third kappa shape index (κ3) is 4.11. The van der Waals surface area contributed by atoms with E-state index in [4.69, 9.17) is 14.5 Å². The zero-order chi connectivity index (χ0) is 25.6. The van der Waals surface area contributed by atoms with Crippen LogP contribution in [0.2, 0.25) is 0 Å². The average molecular weight is 511 g/mol. The number of anilines is 1. The molecule has 2 aromatic carbocycles. The summed E-state index contributed by atoms with van der Waals surface area (Å²) in [6.07, 6.45) is 5.22. The van der Waals surface area contributed by atoms with E-state index >= 15 is 0 Å². The number of benzene rings is 2. The van der Waals surface area contributed by atoms with Crippen molar-refractivity contribution in [1.82, 2.24) is 29.5 Å². The molecule has 3 aromatic heterocycles. The minimum Gasteiger partial charge on any atom is -0.493 e. The highest BCUT2D eigenvalue weighted by molar-refractivity contribution is 5.71. The van der Waals surface area contributed by atoms with Gasteiger partial charge in [0, 0.05) is 11.8 Å². The van der Waals surface area contributed by atoms with Gasteiger partial charge in [-0.15, -0.1) is 0 Å². The summed E-state index contributed by atoms with van der Waals surface area (Å²) in [5.74, 6) is 1.59. The van der Waals surface area contributed by atoms with Gasteiger partial charge < -0.3 is 24.9 Å². The highest BCUT2D eigenvalue weighted by Gasteiger charge is 2.21. The lowest BCUT2D eigenvalue weighted by atomic mass is 9.99. The lowest BCUT2D eigenvalue weighted by Gasteiger charge is -2.11. The van der Waals surface area contributed by atoms with Crippen LogP contribution in [0.1, 0.15) is 24.1 Å². The van der Waals surface area contributed by atoms with Crippen molar-refractivity contribution in [3.05, 3.63) is 81.2 Å². The molecule has 2 aliphatic rings. The number of hydrogen-bond acceptors (Lipinski definition) is 9. The van der Waals surface area contributed by atoms with E-state index in [-0.39, 0.29) is 24.4 Å². The number of aromatic amines is 2. The zero-order valence-electron chi connectivity index (χ0n) is 20.0. The van der Waals surface area contributed by atoms with Crippen molar-refractivity contribution in [2.45, 2.75) is 25.4 Å². The lowest BCUT2D eigenvalue weighted by Crippen LogP contribution is -2.24. The van der Waals surface area contributed by atoms with Gasteiger partial charge in [0.05, 0.1) is 12.2 Å². The van der Waals surface area contributed by atoms with Gasteiger partial charge in [-0.1, -0.05) is 30.3 Å². The number of nitrogens with zero attached hydrogens (tertiary/aromatic N) is 5. The second-order valence-electron chi connectivity index (χ2n) is 9.11. The van der Waals surface area contributed by atoms with Crippen molar-refractivity contribution < 1.29 is 14.6 Å². The first-order valence-corrected chi connectivity index (χ1v) is 12.1. The van der Waals surface area contributed by atoms with Crippen molar-refractivity contribution in [3.63, 3.8) is 0 Å². The summed E-state index contributed by atoms with van der Waals surface area (Å²) >= 11 is 0. The van der Waals surface area contributed by atoms with Crippen LogP contribution in [0.3, 0.4) is 0 Å². The summed E-state index contributed by atoms with van der Waals surface area (Å²) in [5.41, 5.74) is 3.77. The maximum atomic E-state index is 11.6. The molecule has 1 fully saturated rings. The fourth-order valence-electron chi connectivity index (χ4n) is 4.35. The largest absolute Gasteiger partial charge is 0.493 e. The molecule has 12 heteroatoms. The Bertz CT molecular complexity index is 1870. The van der Waals surface area contributed by atoms with Gasteiger partial charge in [-0.2, -0.15) is 19.6 Å². The normalized spacial score (nSPS) is 15.5. The maximum absolute atomic E-state index is 11.6. The second-order valence-corrected chi connectivity index (χ2v) is 9.11. The van der Waals surface area contributed by atoms with Gasteiger partial charge >= 0.3 is 5.69 Å². The standard InChI is InChI=1S/C26H22N8O4/c35-23-19(30-26(36)32-23)9-16-12-28-34-22(16)31-24(33-25(34)29-17-6-7-17)27-11-15-3-1-2-4-18(15)14-5-8-20-21(10-14)38-13-37-20/h1-5,8-10,12,17,35H,6-7,11,13H2,(H,27,29,33)(H2,30,32,36). The van der Waals surface area contributed by atoms with E-state index < -0.39 is 5.69 Å². The molecule has 1 aliphatic heterocycles. The van der Waals surface area contributed by atoms with E-state index in [0.29, 0.717) is 29.0 Å². The molecule has 0 saturated heterocycles. The highest BCUT2D eigenvalue weighted by Crippen LogP contribution is 2.36. The molecule has 0 unspecified atom stereocenters. The third-order valence-corrected chi connectivity index (χ3v) is 6.40. The number of ether oxygens (including phenoxy) is 2. The predicted octanol–water partition coefficient (Wildman–Crippen LogP) is 1.46. The van der Waals surface area contributed by atoms with Crippen LogP contribution < -0.4 is 31.3 Å². The molecule has 38 heavy (non-hydrogen) atoms. The Balaban J connectivity index is 1.26. The molecule has 190 valence electrons. The number of aromatic nitrogens is 6. The summed E-state index contributed by atoms with van der Waals surface area (Å²) in [5, 5.41) is 18.3. The molecule has 5 aromatic rings. The Morgan fingerprint density at radius 3 is 2.84 bits per heavy atom. The Kier molecular flexibility index (Phi) is 5.10.